The third kappa shape index (κ3) is 29.5. The molecule has 0 aromatic carbocycles. The van der Waals surface area contributed by atoms with E-state index in [9.17, 15) is 4.79 Å². The van der Waals surface area contributed by atoms with E-state index in [0.717, 1.165) is 12.8 Å². The van der Waals surface area contributed by atoms with Gasteiger partial charge in [-0.25, -0.2) is 0 Å². The third-order valence-corrected chi connectivity index (χ3v) is 4.49. The van der Waals surface area contributed by atoms with Crippen molar-refractivity contribution in [2.45, 2.75) is 122 Å². The van der Waals surface area contributed by atoms with Gasteiger partial charge in [-0.2, -0.15) is 0 Å². The van der Waals surface area contributed by atoms with Crippen molar-refractivity contribution in [1.29, 1.82) is 0 Å². The van der Waals surface area contributed by atoms with Crippen LogP contribution in [-0.4, -0.2) is 114 Å². The molecule has 0 spiro atoms. The van der Waals surface area contributed by atoms with Crippen LogP contribution in [0.3, 0.4) is 0 Å². The normalized spacial score (nSPS) is 10.0. The standard InChI is InChI=1S/C20H40O2.2K.2H/c1-2-3-4-5-6-7-8-9-10-11-12-13-14-15-16-17-18-19-20(21)22;;;;/h2-19H2,1H3,(H,21,22);;;;. The van der Waals surface area contributed by atoms with E-state index in [2.05, 4.69) is 6.92 Å². The van der Waals surface area contributed by atoms with E-state index >= 15 is 0 Å². The van der Waals surface area contributed by atoms with Crippen LogP contribution in [0.15, 0.2) is 0 Å². The van der Waals surface area contributed by atoms with Gasteiger partial charge in [0.15, 0.2) is 0 Å². The molecule has 0 saturated heterocycles. The van der Waals surface area contributed by atoms with Crippen molar-refractivity contribution in [2.24, 2.45) is 0 Å². The summed E-state index contributed by atoms with van der Waals surface area (Å²) >= 11 is 0. The molecule has 0 atom stereocenters. The van der Waals surface area contributed by atoms with E-state index < -0.39 is 5.97 Å². The van der Waals surface area contributed by atoms with Gasteiger partial charge in [0.1, 0.15) is 0 Å². The predicted octanol–water partition coefficient (Wildman–Crippen LogP) is 5.82. The van der Waals surface area contributed by atoms with Gasteiger partial charge in [-0.15, -0.1) is 0 Å². The van der Waals surface area contributed by atoms with Crippen molar-refractivity contribution in [3.8, 4) is 0 Å². The molecule has 0 radical (unpaired) electrons. The molecule has 0 bridgehead atoms. The molecule has 24 heavy (non-hydrogen) atoms. The first-order valence-corrected chi connectivity index (χ1v) is 9.99. The second kappa shape index (κ2) is 28.0. The number of rotatable bonds is 18. The van der Waals surface area contributed by atoms with Crippen molar-refractivity contribution in [3.63, 3.8) is 0 Å². The fourth-order valence-corrected chi connectivity index (χ4v) is 3.00. The van der Waals surface area contributed by atoms with Crippen LogP contribution in [-0.2, 0) is 4.79 Å². The van der Waals surface area contributed by atoms with Gasteiger partial charge < -0.3 is 5.11 Å². The Labute approximate surface area is 236 Å². The Hall–Kier alpha value is 2.74. The minimum absolute atomic E-state index is 0. The summed E-state index contributed by atoms with van der Waals surface area (Å²) in [6.45, 7) is 2.28. The molecule has 0 aliphatic carbocycles. The zero-order valence-corrected chi connectivity index (χ0v) is 15.1. The van der Waals surface area contributed by atoms with Crippen LogP contribution in [0.25, 0.3) is 0 Å². The fraction of sp³-hybridized carbons (Fsp3) is 0.950. The molecule has 0 rings (SSSR count). The van der Waals surface area contributed by atoms with Crippen LogP contribution in [0.1, 0.15) is 122 Å². The first-order valence-electron chi connectivity index (χ1n) is 9.99. The van der Waals surface area contributed by atoms with Gasteiger partial charge in [-0.05, 0) is 6.42 Å². The Morgan fingerprint density at radius 1 is 0.542 bits per heavy atom. The summed E-state index contributed by atoms with van der Waals surface area (Å²) in [7, 11) is 0. The summed E-state index contributed by atoms with van der Waals surface area (Å²) < 4.78 is 0. The number of carboxylic acids is 1. The molecule has 0 aromatic heterocycles. The van der Waals surface area contributed by atoms with Crippen molar-refractivity contribution < 1.29 is 9.90 Å². The van der Waals surface area contributed by atoms with Gasteiger partial charge in [0, 0.05) is 6.42 Å². The van der Waals surface area contributed by atoms with Crippen LogP contribution in [0.4, 0.5) is 0 Å². The molecule has 0 fully saturated rings. The van der Waals surface area contributed by atoms with Crippen LogP contribution in [0, 0.1) is 0 Å². The molecule has 4 heteroatoms. The predicted molar refractivity (Wildman–Crippen MR) is 111 cm³/mol. The number of aliphatic carboxylic acids is 1. The molecule has 2 nitrogen and oxygen atoms in total. The van der Waals surface area contributed by atoms with Gasteiger partial charge in [-0.3, -0.25) is 4.79 Å². The minimum atomic E-state index is -0.652. The Kier molecular flexibility index (Phi) is 36.6. The van der Waals surface area contributed by atoms with Crippen molar-refractivity contribution >= 4 is 109 Å². The monoisotopic (exact) mass is 392 g/mol. The summed E-state index contributed by atoms with van der Waals surface area (Å²) in [6, 6.07) is 0. The van der Waals surface area contributed by atoms with E-state index in [1.165, 1.54) is 96.3 Å². The Morgan fingerprint density at radius 2 is 0.792 bits per heavy atom. The van der Waals surface area contributed by atoms with E-state index in [0.29, 0.717) is 6.42 Å². The van der Waals surface area contributed by atoms with Gasteiger partial charge in [-0.1, -0.05) is 110 Å². The van der Waals surface area contributed by atoms with E-state index in [4.69, 9.17) is 5.11 Å². The summed E-state index contributed by atoms with van der Waals surface area (Å²) in [4.78, 5) is 10.4. The number of carbonyl (C=O) groups is 1. The second-order valence-electron chi connectivity index (χ2n) is 6.80. The molecule has 0 heterocycles. The number of unbranched alkanes of at least 4 members (excludes halogenated alkanes) is 16. The van der Waals surface area contributed by atoms with Crippen LogP contribution >= 0.6 is 0 Å². The van der Waals surface area contributed by atoms with Gasteiger partial charge >= 0.3 is 109 Å². The second-order valence-corrected chi connectivity index (χ2v) is 6.80. The van der Waals surface area contributed by atoms with Crippen molar-refractivity contribution in [3.05, 3.63) is 0 Å². The molecule has 0 aliphatic heterocycles. The molecule has 1 N–H and O–H groups in total. The average Bonchev–Trinajstić information content (AvgIpc) is 2.50. The first-order chi connectivity index (χ1) is 10.8. The van der Waals surface area contributed by atoms with E-state index in [-0.39, 0.29) is 103 Å². The summed E-state index contributed by atoms with van der Waals surface area (Å²) in [5.41, 5.74) is 0. The molecule has 0 aromatic rings. The van der Waals surface area contributed by atoms with Gasteiger partial charge in [0.2, 0.25) is 0 Å². The van der Waals surface area contributed by atoms with E-state index in [1.807, 2.05) is 0 Å². The van der Waals surface area contributed by atoms with Gasteiger partial charge in [0.25, 0.3) is 0 Å². The van der Waals surface area contributed by atoms with Crippen LogP contribution in [0.5, 0.6) is 0 Å². The summed E-state index contributed by atoms with van der Waals surface area (Å²) in [5.74, 6) is -0.652. The molecular weight excluding hydrogens is 350 g/mol. The van der Waals surface area contributed by atoms with Crippen LogP contribution < -0.4 is 0 Å². The fourth-order valence-electron chi connectivity index (χ4n) is 3.00. The molecule has 0 amide bonds. The van der Waals surface area contributed by atoms with E-state index in [1.54, 1.807) is 0 Å². The molecule has 0 aliphatic rings. The zero-order valence-electron chi connectivity index (χ0n) is 15.1. The zero-order chi connectivity index (χ0) is 16.3. The third-order valence-electron chi connectivity index (χ3n) is 4.49. The average molecular weight is 393 g/mol. The SMILES string of the molecule is CCCCCCCCCCCCCCCCCCCC(=O)O.[KH].[KH]. The number of hydrogen-bond donors (Lipinski definition) is 1. The molecular formula is C20H42K2O2. The molecule has 0 saturated carbocycles. The topological polar surface area (TPSA) is 37.3 Å². The maximum atomic E-state index is 10.4. The summed E-state index contributed by atoms with van der Waals surface area (Å²) in [6.07, 6.45) is 23.1. The van der Waals surface area contributed by atoms with Crippen LogP contribution in [0.2, 0.25) is 0 Å². The Balaban J connectivity index is -0.00000220. The molecule has 136 valence electrons. The Morgan fingerprint density at radius 3 is 1.04 bits per heavy atom. The maximum absolute atomic E-state index is 10.4. The molecule has 0 unspecified atom stereocenters. The van der Waals surface area contributed by atoms with Crippen molar-refractivity contribution in [2.75, 3.05) is 0 Å². The summed E-state index contributed by atoms with van der Waals surface area (Å²) in [5, 5.41) is 8.54. The van der Waals surface area contributed by atoms with Crippen molar-refractivity contribution in [1.82, 2.24) is 0 Å². The quantitative estimate of drug-likeness (QED) is 0.236. The van der Waals surface area contributed by atoms with Gasteiger partial charge in [0.05, 0.1) is 0 Å². The Bertz CT molecular complexity index is 236. The first kappa shape index (κ1) is 31.4. The number of hydrogen-bond acceptors (Lipinski definition) is 1. The number of carboxylic acid groups (broad SMARTS) is 1.